The Morgan fingerprint density at radius 2 is 0.842 bits per heavy atom. The van der Waals surface area contributed by atoms with Crippen LogP contribution < -0.4 is 5.32 Å². The first-order chi connectivity index (χ1) is 37.1. The highest BCUT2D eigenvalue weighted by Gasteiger charge is 2.51. The van der Waals surface area contributed by atoms with Gasteiger partial charge in [-0.05, 0) is 70.6 Å². The van der Waals surface area contributed by atoms with Crippen LogP contribution in [0.2, 0.25) is 0 Å². The molecule has 0 aromatic rings. The fourth-order valence-corrected chi connectivity index (χ4v) is 9.97. The van der Waals surface area contributed by atoms with Gasteiger partial charge >= 0.3 is 0 Å². The maximum Gasteiger partial charge on any atom is 0.220 e. The van der Waals surface area contributed by atoms with Crippen molar-refractivity contribution < 1.29 is 64.6 Å². The zero-order valence-electron chi connectivity index (χ0n) is 47.7. The summed E-state index contributed by atoms with van der Waals surface area (Å²) in [5.41, 5.74) is 0. The molecule has 76 heavy (non-hydrogen) atoms. The molecule has 0 bridgehead atoms. The Morgan fingerprint density at radius 1 is 0.461 bits per heavy atom. The van der Waals surface area contributed by atoms with Gasteiger partial charge in [-0.2, -0.15) is 0 Å². The Morgan fingerprint density at radius 3 is 1.29 bits per heavy atom. The largest absolute Gasteiger partial charge is 0.394 e. The van der Waals surface area contributed by atoms with Gasteiger partial charge in [0.1, 0.15) is 48.8 Å². The molecule has 2 heterocycles. The molecule has 0 aliphatic carbocycles. The molecule has 2 aliphatic rings. The second-order valence-electron chi connectivity index (χ2n) is 21.8. The van der Waals surface area contributed by atoms with Crippen LogP contribution in [0.4, 0.5) is 0 Å². The van der Waals surface area contributed by atoms with Crippen molar-refractivity contribution in [2.24, 2.45) is 0 Å². The highest BCUT2D eigenvalue weighted by molar-refractivity contribution is 5.76. The monoisotopic (exact) mass is 1080 g/mol. The van der Waals surface area contributed by atoms with E-state index in [2.05, 4.69) is 55.6 Å². The smallest absolute Gasteiger partial charge is 0.220 e. The van der Waals surface area contributed by atoms with Crippen LogP contribution in [-0.2, 0) is 23.7 Å². The number of unbranched alkanes of at least 4 members (excludes halogenated alkanes) is 30. The Hall–Kier alpha value is -2.05. The molecule has 444 valence electrons. The zero-order chi connectivity index (χ0) is 55.3. The highest BCUT2D eigenvalue weighted by Crippen LogP contribution is 2.30. The predicted molar refractivity (Wildman–Crippen MR) is 304 cm³/mol. The van der Waals surface area contributed by atoms with Crippen molar-refractivity contribution in [1.29, 1.82) is 0 Å². The number of hydrogen-bond donors (Lipinski definition) is 9. The van der Waals surface area contributed by atoms with Gasteiger partial charge in [-0.25, -0.2) is 0 Å². The minimum atomic E-state index is -1.79. The number of allylic oxidation sites excluding steroid dienone is 7. The molecule has 2 fully saturated rings. The fraction of sp³-hybridized carbons (Fsp3) is 0.855. The van der Waals surface area contributed by atoms with E-state index in [0.29, 0.717) is 12.8 Å². The number of carbonyl (C=O) groups is 1. The van der Waals surface area contributed by atoms with Gasteiger partial charge < -0.3 is 65.1 Å². The first-order valence-corrected chi connectivity index (χ1v) is 30.9. The van der Waals surface area contributed by atoms with Gasteiger partial charge in [-0.15, -0.1) is 0 Å². The third-order valence-corrected chi connectivity index (χ3v) is 15.0. The normalized spacial score (nSPS) is 25.2. The molecule has 2 aliphatic heterocycles. The third kappa shape index (κ3) is 32.9. The summed E-state index contributed by atoms with van der Waals surface area (Å²) in [6.07, 6.45) is 42.9. The molecular formula is C62H113NO13. The van der Waals surface area contributed by atoms with Crippen LogP contribution in [-0.4, -0.2) is 140 Å². The van der Waals surface area contributed by atoms with Crippen molar-refractivity contribution >= 4 is 5.91 Å². The van der Waals surface area contributed by atoms with Crippen molar-refractivity contribution in [2.75, 3.05) is 19.8 Å². The summed E-state index contributed by atoms with van der Waals surface area (Å²) in [6.45, 7) is 2.79. The summed E-state index contributed by atoms with van der Waals surface area (Å²) >= 11 is 0. The van der Waals surface area contributed by atoms with E-state index in [1.807, 2.05) is 6.08 Å². The maximum absolute atomic E-state index is 13.3. The number of ether oxygens (including phenoxy) is 4. The number of amides is 1. The van der Waals surface area contributed by atoms with Gasteiger partial charge in [0, 0.05) is 6.42 Å². The van der Waals surface area contributed by atoms with Crippen molar-refractivity contribution in [3.8, 4) is 0 Å². The van der Waals surface area contributed by atoms with Crippen molar-refractivity contribution in [1.82, 2.24) is 5.32 Å². The molecule has 0 aromatic carbocycles. The maximum atomic E-state index is 13.3. The lowest BCUT2D eigenvalue weighted by atomic mass is 9.97. The summed E-state index contributed by atoms with van der Waals surface area (Å²) in [5.74, 6) is -0.255. The van der Waals surface area contributed by atoms with E-state index in [0.717, 1.165) is 44.9 Å². The molecule has 0 saturated carbocycles. The van der Waals surface area contributed by atoms with Crippen LogP contribution in [0.3, 0.4) is 0 Å². The van der Waals surface area contributed by atoms with E-state index < -0.39 is 86.8 Å². The molecule has 9 N–H and O–H groups in total. The molecule has 2 rings (SSSR count). The van der Waals surface area contributed by atoms with E-state index in [1.54, 1.807) is 6.08 Å². The molecule has 1 amide bonds. The molecule has 14 heteroatoms. The molecule has 2 saturated heterocycles. The average Bonchev–Trinajstić information content (AvgIpc) is 3.42. The van der Waals surface area contributed by atoms with E-state index in [9.17, 15) is 45.6 Å². The van der Waals surface area contributed by atoms with E-state index in [-0.39, 0.29) is 18.9 Å². The van der Waals surface area contributed by atoms with Gasteiger partial charge in [0.25, 0.3) is 0 Å². The van der Waals surface area contributed by atoms with Crippen molar-refractivity contribution in [2.45, 2.75) is 319 Å². The molecule has 14 nitrogen and oxygen atoms in total. The number of aliphatic hydroxyl groups is 8. The minimum Gasteiger partial charge on any atom is -0.394 e. The van der Waals surface area contributed by atoms with Crippen LogP contribution in [0.5, 0.6) is 0 Å². The van der Waals surface area contributed by atoms with Crippen LogP contribution in [0.25, 0.3) is 0 Å². The van der Waals surface area contributed by atoms with Gasteiger partial charge in [0.15, 0.2) is 12.6 Å². The van der Waals surface area contributed by atoms with Crippen LogP contribution in [0.15, 0.2) is 48.6 Å². The second kappa shape index (κ2) is 47.7. The average molecular weight is 1080 g/mol. The lowest BCUT2D eigenvalue weighted by Gasteiger charge is -2.46. The van der Waals surface area contributed by atoms with Gasteiger partial charge in [-0.1, -0.05) is 217 Å². The number of aliphatic hydroxyl groups excluding tert-OH is 8. The number of rotatable bonds is 49. The SMILES string of the molecule is CCCCCCCCCC/C=C\CCCCCCCCCCCC(=O)NC(COC1OC(CO)C(OC2OC(CO)C(O)C(O)C2O)C(O)C1O)C(O)/C=C/CC/C=C/CC/C=C/CCCCCCCCCCCCC. The fourth-order valence-electron chi connectivity index (χ4n) is 9.97. The zero-order valence-corrected chi connectivity index (χ0v) is 47.7. The Kier molecular flexibility index (Phi) is 44.0. The summed E-state index contributed by atoms with van der Waals surface area (Å²) in [4.78, 5) is 13.3. The van der Waals surface area contributed by atoms with Crippen LogP contribution in [0.1, 0.15) is 245 Å². The topological polar surface area (TPSA) is 228 Å². The Bertz CT molecular complexity index is 1460. The van der Waals surface area contributed by atoms with E-state index in [4.69, 9.17) is 18.9 Å². The predicted octanol–water partition coefficient (Wildman–Crippen LogP) is 10.8. The van der Waals surface area contributed by atoms with E-state index >= 15 is 0 Å². The minimum absolute atomic E-state index is 0.255. The molecule has 0 aromatic heterocycles. The molecule has 0 spiro atoms. The Labute approximate surface area is 461 Å². The number of hydrogen-bond acceptors (Lipinski definition) is 13. The molecule has 12 unspecified atom stereocenters. The summed E-state index contributed by atoms with van der Waals surface area (Å²) in [5, 5.41) is 87.1. The van der Waals surface area contributed by atoms with Crippen LogP contribution >= 0.6 is 0 Å². The third-order valence-electron chi connectivity index (χ3n) is 15.0. The quantitative estimate of drug-likeness (QED) is 0.0204. The van der Waals surface area contributed by atoms with Gasteiger partial charge in [0.05, 0.1) is 32.0 Å². The first kappa shape index (κ1) is 70.1. The standard InChI is InChI=1S/C62H113NO13/c1-3-5-7-9-11-13-15-17-19-21-23-25-27-29-31-33-35-37-39-41-43-45-51(66)50(49-73-61-59(72)57(70)60(53(48-65)75-61)76-62-58(71)56(69)55(68)52(47-64)74-62)63-54(67)46-44-42-40-38-36-34-32-30-28-26-24-22-20-18-16-14-12-10-8-6-4-2/h22,24,27,29,35,37,43,45,50-53,55-62,64-66,68-72H,3-21,23,25-26,28,30-34,36,38-42,44,46-49H2,1-2H3,(H,63,67)/b24-22-,29-27+,37-35+,45-43+. The molecular weight excluding hydrogens is 967 g/mol. The van der Waals surface area contributed by atoms with Crippen molar-refractivity contribution in [3.63, 3.8) is 0 Å². The highest BCUT2D eigenvalue weighted by atomic mass is 16.7. The lowest BCUT2D eigenvalue weighted by Crippen LogP contribution is -2.65. The number of nitrogens with one attached hydrogen (secondary N) is 1. The lowest BCUT2D eigenvalue weighted by molar-refractivity contribution is -0.359. The molecule has 12 atom stereocenters. The van der Waals surface area contributed by atoms with Crippen molar-refractivity contribution in [3.05, 3.63) is 48.6 Å². The molecule has 0 radical (unpaired) electrons. The van der Waals surface area contributed by atoms with E-state index in [1.165, 1.54) is 167 Å². The number of carbonyl (C=O) groups excluding carboxylic acids is 1. The van der Waals surface area contributed by atoms with Crippen LogP contribution in [0, 0.1) is 0 Å². The summed E-state index contributed by atoms with van der Waals surface area (Å²) in [6, 6.07) is -0.940. The summed E-state index contributed by atoms with van der Waals surface area (Å²) in [7, 11) is 0. The van der Waals surface area contributed by atoms with Gasteiger partial charge in [-0.3, -0.25) is 4.79 Å². The van der Waals surface area contributed by atoms with Gasteiger partial charge in [0.2, 0.25) is 5.91 Å². The summed E-state index contributed by atoms with van der Waals surface area (Å²) < 4.78 is 22.8. The Balaban J connectivity index is 1.78. The second-order valence-corrected chi connectivity index (χ2v) is 21.8. The first-order valence-electron chi connectivity index (χ1n) is 30.9.